The number of para-hydroxylation sites is 2. The molecule has 0 spiro atoms. The number of nitro benzene ring substituents is 1. The smallest absolute Gasteiger partial charge is 0.294 e. The summed E-state index contributed by atoms with van der Waals surface area (Å²) in [5.74, 6) is 0.143. The Morgan fingerprint density at radius 1 is 1.27 bits per heavy atom. The maximum Gasteiger partial charge on any atom is 0.294 e. The highest BCUT2D eigenvalue weighted by Gasteiger charge is 2.17. The van der Waals surface area contributed by atoms with Crippen molar-refractivity contribution in [3.8, 4) is 5.75 Å². The third-order valence-electron chi connectivity index (χ3n) is 3.97. The topological polar surface area (TPSA) is 103 Å². The van der Waals surface area contributed by atoms with Crippen LogP contribution in [0.4, 0.5) is 11.4 Å². The number of nitro groups is 1. The number of hydrogen-bond acceptors (Lipinski definition) is 6. The van der Waals surface area contributed by atoms with Gasteiger partial charge in [-0.2, -0.15) is 0 Å². The van der Waals surface area contributed by atoms with Crippen LogP contribution in [-0.4, -0.2) is 30.1 Å². The number of amides is 1. The molecule has 136 valence electrons. The summed E-state index contributed by atoms with van der Waals surface area (Å²) >= 11 is 0. The Hall–Kier alpha value is -3.13. The number of nitrogens with one attached hydrogen (secondary N) is 2. The predicted molar refractivity (Wildman–Crippen MR) is 95.1 cm³/mol. The summed E-state index contributed by atoms with van der Waals surface area (Å²) in [4.78, 5) is 22.8. The molecular weight excluding hydrogens is 338 g/mol. The zero-order chi connectivity index (χ0) is 18.4. The first-order valence-electron chi connectivity index (χ1n) is 8.28. The van der Waals surface area contributed by atoms with Gasteiger partial charge in [0, 0.05) is 18.2 Å². The summed E-state index contributed by atoms with van der Waals surface area (Å²) < 4.78 is 11.2. The number of anilines is 1. The number of hydrazine groups is 1. The lowest BCUT2D eigenvalue weighted by atomic mass is 10.2. The van der Waals surface area contributed by atoms with Crippen molar-refractivity contribution in [2.24, 2.45) is 0 Å². The summed E-state index contributed by atoms with van der Waals surface area (Å²) in [6.45, 7) is 1.20. The summed E-state index contributed by atoms with van der Waals surface area (Å²) in [6, 6.07) is 12.8. The lowest BCUT2D eigenvalue weighted by Gasteiger charge is -2.13. The first-order chi connectivity index (χ1) is 12.6. The van der Waals surface area contributed by atoms with Crippen LogP contribution in [0.2, 0.25) is 0 Å². The van der Waals surface area contributed by atoms with E-state index in [2.05, 4.69) is 10.9 Å². The van der Waals surface area contributed by atoms with Gasteiger partial charge in [-0.25, -0.2) is 0 Å². The van der Waals surface area contributed by atoms with Crippen molar-refractivity contribution >= 4 is 17.3 Å². The lowest BCUT2D eigenvalue weighted by molar-refractivity contribution is -0.384. The molecule has 3 rings (SSSR count). The minimum absolute atomic E-state index is 0.0905. The van der Waals surface area contributed by atoms with E-state index in [9.17, 15) is 14.9 Å². The van der Waals surface area contributed by atoms with E-state index in [1.54, 1.807) is 36.4 Å². The van der Waals surface area contributed by atoms with Gasteiger partial charge in [0.2, 0.25) is 0 Å². The molecule has 1 fully saturated rings. The van der Waals surface area contributed by atoms with E-state index >= 15 is 0 Å². The Bertz CT molecular complexity index is 790. The molecule has 1 saturated heterocycles. The summed E-state index contributed by atoms with van der Waals surface area (Å²) in [7, 11) is 0. The molecule has 2 aromatic rings. The number of hydrogen-bond donors (Lipinski definition) is 2. The van der Waals surface area contributed by atoms with E-state index in [0.717, 1.165) is 19.4 Å². The molecule has 8 heteroatoms. The number of rotatable bonds is 7. The second kappa shape index (κ2) is 8.30. The van der Waals surface area contributed by atoms with Gasteiger partial charge >= 0.3 is 0 Å². The van der Waals surface area contributed by atoms with Crippen molar-refractivity contribution in [3.05, 3.63) is 64.2 Å². The Kier molecular flexibility index (Phi) is 5.65. The van der Waals surface area contributed by atoms with Gasteiger partial charge in [0.1, 0.15) is 18.0 Å². The normalized spacial score (nSPS) is 16.1. The van der Waals surface area contributed by atoms with Crippen LogP contribution in [0, 0.1) is 10.1 Å². The molecule has 0 saturated carbocycles. The summed E-state index contributed by atoms with van der Waals surface area (Å²) in [5.41, 5.74) is 5.51. The third-order valence-corrected chi connectivity index (χ3v) is 3.97. The van der Waals surface area contributed by atoms with Gasteiger partial charge < -0.3 is 9.47 Å². The molecule has 0 radical (unpaired) electrons. The van der Waals surface area contributed by atoms with Crippen molar-refractivity contribution in [1.29, 1.82) is 0 Å². The van der Waals surface area contributed by atoms with Crippen molar-refractivity contribution < 1.29 is 19.2 Å². The lowest BCUT2D eigenvalue weighted by Crippen LogP contribution is -2.29. The predicted octanol–water partition coefficient (Wildman–Crippen LogP) is 2.91. The monoisotopic (exact) mass is 357 g/mol. The van der Waals surface area contributed by atoms with Crippen LogP contribution in [0.25, 0.3) is 0 Å². The van der Waals surface area contributed by atoms with Crippen LogP contribution in [0.3, 0.4) is 0 Å². The van der Waals surface area contributed by atoms with Crippen LogP contribution >= 0.6 is 0 Å². The van der Waals surface area contributed by atoms with Gasteiger partial charge in [-0.3, -0.25) is 25.8 Å². The Morgan fingerprint density at radius 3 is 2.88 bits per heavy atom. The molecule has 1 aliphatic rings. The van der Waals surface area contributed by atoms with Crippen LogP contribution in [-0.2, 0) is 4.74 Å². The Morgan fingerprint density at radius 2 is 2.12 bits per heavy atom. The van der Waals surface area contributed by atoms with E-state index in [1.807, 2.05) is 0 Å². The first kappa shape index (κ1) is 17.7. The summed E-state index contributed by atoms with van der Waals surface area (Å²) in [5, 5.41) is 11.0. The van der Waals surface area contributed by atoms with Crippen molar-refractivity contribution in [2.45, 2.75) is 18.9 Å². The van der Waals surface area contributed by atoms with E-state index in [4.69, 9.17) is 9.47 Å². The highest BCUT2D eigenvalue weighted by atomic mass is 16.6. The average molecular weight is 357 g/mol. The minimum Gasteiger partial charge on any atom is -0.491 e. The van der Waals surface area contributed by atoms with Crippen molar-refractivity contribution in [1.82, 2.24) is 5.43 Å². The average Bonchev–Trinajstić information content (AvgIpc) is 3.18. The van der Waals surface area contributed by atoms with Crippen molar-refractivity contribution in [2.75, 3.05) is 18.6 Å². The molecule has 0 aliphatic carbocycles. The standard InChI is InChI=1S/C18H19N3O5/c22-18(20-19-16-8-1-2-9-17(16)21(23)24)13-5-3-6-14(11-13)26-12-15-7-4-10-25-15/h1-3,5-6,8-9,11,15,19H,4,7,10,12H2,(H,20,22)/t15-/m1/s1. The molecule has 0 aromatic heterocycles. The number of carbonyl (C=O) groups excluding carboxylic acids is 1. The zero-order valence-corrected chi connectivity index (χ0v) is 14.0. The van der Waals surface area contributed by atoms with E-state index < -0.39 is 10.8 Å². The van der Waals surface area contributed by atoms with Crippen LogP contribution in [0.5, 0.6) is 5.75 Å². The van der Waals surface area contributed by atoms with Crippen LogP contribution < -0.4 is 15.6 Å². The molecule has 0 unspecified atom stereocenters. The van der Waals surface area contributed by atoms with Gasteiger partial charge in [-0.15, -0.1) is 0 Å². The second-order valence-electron chi connectivity index (χ2n) is 5.83. The van der Waals surface area contributed by atoms with E-state index in [1.165, 1.54) is 12.1 Å². The Balaban J connectivity index is 1.59. The van der Waals surface area contributed by atoms with Crippen molar-refractivity contribution in [3.63, 3.8) is 0 Å². The maximum absolute atomic E-state index is 12.3. The fraction of sp³-hybridized carbons (Fsp3) is 0.278. The highest BCUT2D eigenvalue weighted by molar-refractivity contribution is 5.95. The van der Waals surface area contributed by atoms with Gasteiger partial charge in [0.05, 0.1) is 11.0 Å². The number of carbonyl (C=O) groups is 1. The molecule has 26 heavy (non-hydrogen) atoms. The van der Waals surface area contributed by atoms with Gasteiger partial charge in [0.25, 0.3) is 11.6 Å². The fourth-order valence-electron chi connectivity index (χ4n) is 2.63. The largest absolute Gasteiger partial charge is 0.491 e. The van der Waals surface area contributed by atoms with Crippen LogP contribution in [0.15, 0.2) is 48.5 Å². The molecular formula is C18H19N3O5. The molecule has 1 amide bonds. The molecule has 2 N–H and O–H groups in total. The Labute approximate surface area is 150 Å². The molecule has 1 aliphatic heterocycles. The second-order valence-corrected chi connectivity index (χ2v) is 5.83. The first-order valence-corrected chi connectivity index (χ1v) is 8.28. The zero-order valence-electron chi connectivity index (χ0n) is 14.0. The summed E-state index contributed by atoms with van der Waals surface area (Å²) in [6.07, 6.45) is 2.10. The number of ether oxygens (including phenoxy) is 2. The molecule has 8 nitrogen and oxygen atoms in total. The van der Waals surface area contributed by atoms with E-state index in [0.29, 0.717) is 17.9 Å². The third kappa shape index (κ3) is 4.48. The molecule has 0 bridgehead atoms. The quantitative estimate of drug-likeness (QED) is 0.583. The maximum atomic E-state index is 12.3. The van der Waals surface area contributed by atoms with E-state index in [-0.39, 0.29) is 17.5 Å². The fourth-order valence-corrected chi connectivity index (χ4v) is 2.63. The van der Waals surface area contributed by atoms with Crippen LogP contribution in [0.1, 0.15) is 23.2 Å². The molecule has 1 heterocycles. The SMILES string of the molecule is O=C(NNc1ccccc1[N+](=O)[O-])c1cccc(OC[C@H]2CCCO2)c1. The number of benzene rings is 2. The van der Waals surface area contributed by atoms with Gasteiger partial charge in [0.15, 0.2) is 0 Å². The van der Waals surface area contributed by atoms with Gasteiger partial charge in [-0.05, 0) is 37.1 Å². The number of nitrogens with zero attached hydrogens (tertiary/aromatic N) is 1. The van der Waals surface area contributed by atoms with Gasteiger partial charge in [-0.1, -0.05) is 18.2 Å². The molecule has 2 aromatic carbocycles. The minimum atomic E-state index is -0.520. The highest BCUT2D eigenvalue weighted by Crippen LogP contribution is 2.22. The molecule has 1 atom stereocenters.